The SMILES string of the molecule is COC(=O)CC(c1ccc2c(c1)CN(C(=O)c1ccc(C)c(C)c1)CC2)c1cc2nccnc2cc1C.Cc1ccc(C(=O)N2CCc3ccc(C(CC(=O)O)c4cc5nccnc5cc4C)cc3C2)cc1C. The lowest BCUT2D eigenvalue weighted by molar-refractivity contribution is -0.141. The van der Waals surface area contributed by atoms with Gasteiger partial charge in [0.05, 0.1) is 42.0 Å². The maximum atomic E-state index is 13.3. The van der Waals surface area contributed by atoms with E-state index in [0.717, 1.165) is 96.1 Å². The number of esters is 1. The number of methoxy groups -OCH3 is 1. The van der Waals surface area contributed by atoms with E-state index in [4.69, 9.17) is 4.74 Å². The smallest absolute Gasteiger partial charge is 0.306 e. The van der Waals surface area contributed by atoms with Crippen LogP contribution in [0, 0.1) is 41.5 Å². The zero-order chi connectivity index (χ0) is 51.5. The first-order valence-corrected chi connectivity index (χ1v) is 24.8. The van der Waals surface area contributed by atoms with Gasteiger partial charge in [-0.2, -0.15) is 0 Å². The van der Waals surface area contributed by atoms with Gasteiger partial charge in [-0.05, 0) is 181 Å². The van der Waals surface area contributed by atoms with Crippen LogP contribution in [0.3, 0.4) is 0 Å². The summed E-state index contributed by atoms with van der Waals surface area (Å²) in [6.07, 6.45) is 8.43. The number of carbonyl (C=O) groups excluding carboxylic acids is 3. The number of hydrogen-bond donors (Lipinski definition) is 1. The number of carbonyl (C=O) groups is 4. The fraction of sp³-hybridized carbons (Fsp3) is 0.279. The lowest BCUT2D eigenvalue weighted by Gasteiger charge is -2.30. The highest BCUT2D eigenvalue weighted by Gasteiger charge is 2.28. The second-order valence-corrected chi connectivity index (χ2v) is 19.6. The molecule has 0 saturated carbocycles. The number of aromatic nitrogens is 4. The number of amides is 2. The summed E-state index contributed by atoms with van der Waals surface area (Å²) in [5.74, 6) is -1.58. The number of nitrogens with zero attached hydrogens (tertiary/aromatic N) is 6. The van der Waals surface area contributed by atoms with Crippen molar-refractivity contribution < 1.29 is 29.0 Å². The summed E-state index contributed by atoms with van der Waals surface area (Å²) in [5.41, 5.74) is 19.7. The molecule has 73 heavy (non-hydrogen) atoms. The summed E-state index contributed by atoms with van der Waals surface area (Å²) >= 11 is 0. The van der Waals surface area contributed by atoms with Gasteiger partial charge in [0.25, 0.3) is 11.8 Å². The fourth-order valence-electron chi connectivity index (χ4n) is 10.3. The first-order chi connectivity index (χ1) is 35.1. The largest absolute Gasteiger partial charge is 0.481 e. The standard InChI is InChI=1S/C31H31N3O3.C30H29N3O3/c1-19-5-6-24(13-20(19)2)31(36)34-12-9-22-7-8-23(15-25(22)18-34)27(17-30(35)37-4)26-16-29-28(14-21(26)3)32-10-11-33-29;1-18-4-5-23(12-19(18)2)30(36)33-11-8-21-6-7-22(14-24(21)17-33)26(16-29(34)35)25-15-28-27(13-20(25)3)31-9-10-32-28/h5-8,10-11,13-16,27H,9,12,17-18H2,1-4H3;4-7,9-10,12-15,26H,8,11,16-17H2,1-3H3,(H,34,35). The Balaban J connectivity index is 0.000000180. The number of benzene rings is 6. The van der Waals surface area contributed by atoms with Crippen molar-refractivity contribution in [3.63, 3.8) is 0 Å². The Kier molecular flexibility index (Phi) is 14.5. The molecule has 4 heterocycles. The van der Waals surface area contributed by atoms with Crippen molar-refractivity contribution in [2.45, 2.75) is 92.2 Å². The monoisotopic (exact) mass is 972 g/mol. The molecule has 0 fully saturated rings. The number of hydrogen-bond acceptors (Lipinski definition) is 9. The van der Waals surface area contributed by atoms with Crippen molar-refractivity contribution in [2.75, 3.05) is 20.2 Å². The molecule has 2 aliphatic heterocycles. The van der Waals surface area contributed by atoms with Crippen molar-refractivity contribution in [1.82, 2.24) is 29.7 Å². The Morgan fingerprint density at radius 3 is 1.30 bits per heavy atom. The molecule has 2 aromatic heterocycles. The van der Waals surface area contributed by atoms with Crippen LogP contribution in [0.2, 0.25) is 0 Å². The van der Waals surface area contributed by atoms with E-state index in [1.807, 2.05) is 111 Å². The summed E-state index contributed by atoms with van der Waals surface area (Å²) in [6, 6.07) is 32.3. The van der Waals surface area contributed by atoms with E-state index in [2.05, 4.69) is 57.2 Å². The van der Waals surface area contributed by atoms with Gasteiger partial charge in [-0.15, -0.1) is 0 Å². The quantitative estimate of drug-likeness (QED) is 0.131. The van der Waals surface area contributed by atoms with Gasteiger partial charge >= 0.3 is 11.9 Å². The topological polar surface area (TPSA) is 156 Å². The Morgan fingerprint density at radius 2 is 0.904 bits per heavy atom. The molecular formula is C61H60N6O6. The molecule has 8 aromatic rings. The zero-order valence-electron chi connectivity index (χ0n) is 42.5. The number of aliphatic carboxylic acids is 1. The summed E-state index contributed by atoms with van der Waals surface area (Å²) in [5, 5.41) is 9.75. The molecule has 12 nitrogen and oxygen atoms in total. The van der Waals surface area contributed by atoms with Crippen molar-refractivity contribution in [3.05, 3.63) is 211 Å². The maximum Gasteiger partial charge on any atom is 0.306 e. The van der Waals surface area contributed by atoms with Crippen molar-refractivity contribution in [2.24, 2.45) is 0 Å². The molecular weight excluding hydrogens is 913 g/mol. The van der Waals surface area contributed by atoms with Crippen molar-refractivity contribution in [3.8, 4) is 0 Å². The van der Waals surface area contributed by atoms with Crippen LogP contribution in [0.1, 0.15) is 123 Å². The second-order valence-electron chi connectivity index (χ2n) is 19.6. The summed E-state index contributed by atoms with van der Waals surface area (Å²) < 4.78 is 5.06. The third-order valence-corrected chi connectivity index (χ3v) is 14.8. The summed E-state index contributed by atoms with van der Waals surface area (Å²) in [4.78, 5) is 72.5. The van der Waals surface area contributed by atoms with E-state index in [9.17, 15) is 24.3 Å². The van der Waals surface area contributed by atoms with E-state index in [1.165, 1.54) is 29.4 Å². The van der Waals surface area contributed by atoms with Gasteiger partial charge in [0.2, 0.25) is 0 Å². The van der Waals surface area contributed by atoms with Crippen LogP contribution in [-0.2, 0) is 40.3 Å². The predicted octanol–water partition coefficient (Wildman–Crippen LogP) is 10.8. The minimum atomic E-state index is -0.858. The predicted molar refractivity (Wildman–Crippen MR) is 283 cm³/mol. The lowest BCUT2D eigenvalue weighted by Crippen LogP contribution is -2.36. The van der Waals surface area contributed by atoms with Gasteiger partial charge in [0, 0.05) is 73.9 Å². The molecule has 0 spiro atoms. The molecule has 2 atom stereocenters. The van der Waals surface area contributed by atoms with Crippen LogP contribution >= 0.6 is 0 Å². The highest BCUT2D eigenvalue weighted by Crippen LogP contribution is 2.37. The van der Waals surface area contributed by atoms with Crippen LogP contribution < -0.4 is 0 Å². The average Bonchev–Trinajstić information content (AvgIpc) is 3.39. The molecule has 6 aromatic carbocycles. The van der Waals surface area contributed by atoms with Gasteiger partial charge in [0.15, 0.2) is 0 Å². The van der Waals surface area contributed by atoms with Crippen LogP contribution in [-0.4, -0.2) is 78.8 Å². The normalized spacial score (nSPS) is 13.8. The van der Waals surface area contributed by atoms with E-state index in [1.54, 1.807) is 24.8 Å². The number of carboxylic acid groups (broad SMARTS) is 1. The maximum absolute atomic E-state index is 13.3. The minimum absolute atomic E-state index is 0.0280. The molecule has 10 rings (SSSR count). The third kappa shape index (κ3) is 10.9. The highest BCUT2D eigenvalue weighted by molar-refractivity contribution is 5.95. The van der Waals surface area contributed by atoms with E-state index in [0.29, 0.717) is 31.7 Å². The van der Waals surface area contributed by atoms with Crippen LogP contribution in [0.25, 0.3) is 22.1 Å². The third-order valence-electron chi connectivity index (χ3n) is 14.8. The summed E-state index contributed by atoms with van der Waals surface area (Å²) in [7, 11) is 1.42. The van der Waals surface area contributed by atoms with Crippen LogP contribution in [0.4, 0.5) is 0 Å². The number of fused-ring (bicyclic) bond motifs is 4. The van der Waals surface area contributed by atoms with E-state index >= 15 is 0 Å². The molecule has 2 aliphatic rings. The molecule has 0 saturated heterocycles. The number of ether oxygens (including phenoxy) is 1. The first kappa shape index (κ1) is 49.8. The molecule has 12 heteroatoms. The van der Waals surface area contributed by atoms with E-state index in [-0.39, 0.29) is 42.5 Å². The molecule has 1 N–H and O–H groups in total. The van der Waals surface area contributed by atoms with Crippen LogP contribution in [0.5, 0.6) is 0 Å². The molecule has 2 amide bonds. The molecule has 0 bridgehead atoms. The Hall–Kier alpha value is -8.12. The van der Waals surface area contributed by atoms with Gasteiger partial charge in [-0.3, -0.25) is 39.1 Å². The Labute approximate surface area is 426 Å². The Morgan fingerprint density at radius 1 is 0.493 bits per heavy atom. The van der Waals surface area contributed by atoms with Crippen molar-refractivity contribution >= 4 is 45.8 Å². The number of rotatable bonds is 10. The number of aryl methyl sites for hydroxylation is 6. The lowest BCUT2D eigenvalue weighted by atomic mass is 9.83. The fourth-order valence-corrected chi connectivity index (χ4v) is 10.3. The molecule has 0 aliphatic carbocycles. The zero-order valence-corrected chi connectivity index (χ0v) is 42.5. The van der Waals surface area contributed by atoms with E-state index < -0.39 is 5.97 Å². The van der Waals surface area contributed by atoms with Gasteiger partial charge < -0.3 is 19.6 Å². The van der Waals surface area contributed by atoms with Crippen molar-refractivity contribution in [1.29, 1.82) is 0 Å². The van der Waals surface area contributed by atoms with Crippen LogP contribution in [0.15, 0.2) is 122 Å². The molecule has 370 valence electrons. The minimum Gasteiger partial charge on any atom is -0.481 e. The average molecular weight is 973 g/mol. The highest BCUT2D eigenvalue weighted by atomic mass is 16.5. The summed E-state index contributed by atoms with van der Waals surface area (Å²) in [6.45, 7) is 14.6. The van der Waals surface area contributed by atoms with Gasteiger partial charge in [0.1, 0.15) is 0 Å². The van der Waals surface area contributed by atoms with Gasteiger partial charge in [-0.25, -0.2) is 0 Å². The Bertz CT molecular complexity index is 3460. The van der Waals surface area contributed by atoms with Gasteiger partial charge in [-0.1, -0.05) is 48.5 Å². The molecule has 0 radical (unpaired) electrons. The first-order valence-electron chi connectivity index (χ1n) is 24.8. The second kappa shape index (κ2) is 21.3. The molecule has 2 unspecified atom stereocenters. The number of carboxylic acids is 1.